The second-order valence-electron chi connectivity index (χ2n) is 4.61. The van der Waals surface area contributed by atoms with Crippen molar-refractivity contribution in [3.8, 4) is 0 Å². The van der Waals surface area contributed by atoms with Gasteiger partial charge in [-0.3, -0.25) is 9.59 Å². The van der Waals surface area contributed by atoms with Crippen molar-refractivity contribution in [2.75, 3.05) is 18.8 Å². The Bertz CT molecular complexity index is 309. The van der Waals surface area contributed by atoms with Crippen LogP contribution >= 0.6 is 11.8 Å². The van der Waals surface area contributed by atoms with Crippen LogP contribution in [0.15, 0.2) is 0 Å². The van der Waals surface area contributed by atoms with Gasteiger partial charge in [0.1, 0.15) is 0 Å². The third-order valence-electron chi connectivity index (χ3n) is 3.54. The molecule has 2 atom stereocenters. The van der Waals surface area contributed by atoms with E-state index in [4.69, 9.17) is 0 Å². The first-order chi connectivity index (χ1) is 8.22. The van der Waals surface area contributed by atoms with E-state index >= 15 is 0 Å². The lowest BCUT2D eigenvalue weighted by Gasteiger charge is -2.31. The van der Waals surface area contributed by atoms with Crippen molar-refractivity contribution in [3.05, 3.63) is 0 Å². The smallest absolute Gasteiger partial charge is 0.242 e. The molecule has 1 aliphatic carbocycles. The van der Waals surface area contributed by atoms with E-state index in [1.54, 1.807) is 0 Å². The van der Waals surface area contributed by atoms with Crippen LogP contribution in [0.4, 0.5) is 0 Å². The quantitative estimate of drug-likeness (QED) is 0.820. The summed E-state index contributed by atoms with van der Waals surface area (Å²) in [5.74, 6) is 1.18. The van der Waals surface area contributed by atoms with Gasteiger partial charge >= 0.3 is 0 Å². The fourth-order valence-electron chi connectivity index (χ4n) is 2.73. The molecule has 2 rings (SSSR count). The number of hydrogen-bond acceptors (Lipinski definition) is 3. The molecule has 2 unspecified atom stereocenters. The highest BCUT2D eigenvalue weighted by Gasteiger charge is 2.35. The van der Waals surface area contributed by atoms with Crippen LogP contribution < -0.4 is 5.32 Å². The second-order valence-corrected chi connectivity index (χ2v) is 6.12. The van der Waals surface area contributed by atoms with Gasteiger partial charge in [0.2, 0.25) is 11.8 Å². The molecule has 96 valence electrons. The van der Waals surface area contributed by atoms with Crippen LogP contribution in [0.25, 0.3) is 0 Å². The number of rotatable bonds is 3. The van der Waals surface area contributed by atoms with Gasteiger partial charge in [0.15, 0.2) is 0 Å². The molecule has 5 heteroatoms. The van der Waals surface area contributed by atoms with Crippen LogP contribution in [0.2, 0.25) is 0 Å². The summed E-state index contributed by atoms with van der Waals surface area (Å²) in [6.45, 7) is 2.93. The molecule has 0 aromatic rings. The van der Waals surface area contributed by atoms with Crippen molar-refractivity contribution in [1.82, 2.24) is 10.2 Å². The van der Waals surface area contributed by atoms with E-state index in [0.29, 0.717) is 24.3 Å². The first-order valence-electron chi connectivity index (χ1n) is 6.40. The first-order valence-corrected chi connectivity index (χ1v) is 7.45. The molecule has 0 bridgehead atoms. The van der Waals surface area contributed by atoms with E-state index in [9.17, 15) is 9.59 Å². The highest BCUT2D eigenvalue weighted by Crippen LogP contribution is 2.33. The molecule has 1 saturated heterocycles. The van der Waals surface area contributed by atoms with E-state index in [2.05, 4.69) is 12.2 Å². The lowest BCUT2D eigenvalue weighted by atomic mass is 10.2. The molecule has 0 aromatic carbocycles. The Kier molecular flexibility index (Phi) is 4.31. The molecule has 0 aromatic heterocycles. The minimum atomic E-state index is -0.00135. The number of carbonyl (C=O) groups is 2. The summed E-state index contributed by atoms with van der Waals surface area (Å²) < 4.78 is 0. The molecule has 2 amide bonds. The largest absolute Gasteiger partial charge is 0.347 e. The van der Waals surface area contributed by atoms with Gasteiger partial charge in [-0.1, -0.05) is 13.3 Å². The molecule has 1 heterocycles. The Morgan fingerprint density at radius 3 is 3.00 bits per heavy atom. The molecule has 1 aliphatic heterocycles. The standard InChI is InChI=1S/C12H20N2O2S/c1-2-17-10-5-3-4-9(10)14-7-6-11(15)13-8-12(14)16/h9-10H,2-8H2,1H3,(H,13,15). The van der Waals surface area contributed by atoms with Crippen molar-refractivity contribution in [2.24, 2.45) is 0 Å². The monoisotopic (exact) mass is 256 g/mol. The molecular weight excluding hydrogens is 236 g/mol. The van der Waals surface area contributed by atoms with Crippen molar-refractivity contribution < 1.29 is 9.59 Å². The molecule has 1 saturated carbocycles. The number of thioether (sulfide) groups is 1. The van der Waals surface area contributed by atoms with Crippen molar-refractivity contribution in [2.45, 2.75) is 43.9 Å². The zero-order valence-electron chi connectivity index (χ0n) is 10.3. The maximum absolute atomic E-state index is 12.0. The van der Waals surface area contributed by atoms with Gasteiger partial charge in [-0.25, -0.2) is 0 Å². The number of hydrogen-bond donors (Lipinski definition) is 1. The molecule has 1 N–H and O–H groups in total. The van der Waals surface area contributed by atoms with Gasteiger partial charge in [-0.05, 0) is 18.6 Å². The summed E-state index contributed by atoms with van der Waals surface area (Å²) in [6, 6.07) is 0.347. The van der Waals surface area contributed by atoms with Crippen LogP contribution in [0.1, 0.15) is 32.6 Å². The number of nitrogens with zero attached hydrogens (tertiary/aromatic N) is 1. The predicted octanol–water partition coefficient (Wildman–Crippen LogP) is 1.01. The summed E-state index contributed by atoms with van der Waals surface area (Å²) in [5, 5.41) is 3.22. The fourth-order valence-corrected chi connectivity index (χ4v) is 4.00. The van der Waals surface area contributed by atoms with Crippen molar-refractivity contribution in [1.29, 1.82) is 0 Å². The minimum absolute atomic E-state index is 0.00135. The van der Waals surface area contributed by atoms with Crippen LogP contribution in [-0.4, -0.2) is 46.8 Å². The molecular formula is C12H20N2O2S. The fraction of sp³-hybridized carbons (Fsp3) is 0.833. The van der Waals surface area contributed by atoms with Crippen LogP contribution in [0, 0.1) is 0 Å². The normalized spacial score (nSPS) is 30.3. The molecule has 17 heavy (non-hydrogen) atoms. The Morgan fingerprint density at radius 1 is 1.41 bits per heavy atom. The van der Waals surface area contributed by atoms with Gasteiger partial charge in [0.25, 0.3) is 0 Å². The summed E-state index contributed by atoms with van der Waals surface area (Å²) in [4.78, 5) is 25.2. The SMILES string of the molecule is CCSC1CCCC1N1CCC(=O)NCC1=O. The van der Waals surface area contributed by atoms with E-state index in [-0.39, 0.29) is 18.4 Å². The highest BCUT2D eigenvalue weighted by atomic mass is 32.2. The zero-order chi connectivity index (χ0) is 12.3. The van der Waals surface area contributed by atoms with Gasteiger partial charge in [-0.15, -0.1) is 0 Å². The summed E-state index contributed by atoms with van der Waals surface area (Å²) in [6.07, 6.45) is 3.95. The summed E-state index contributed by atoms with van der Waals surface area (Å²) in [5.41, 5.74) is 0. The number of nitrogens with one attached hydrogen (secondary N) is 1. The Morgan fingerprint density at radius 2 is 2.24 bits per heavy atom. The second kappa shape index (κ2) is 5.76. The average molecular weight is 256 g/mol. The Balaban J connectivity index is 2.03. The Labute approximate surface area is 106 Å². The lowest BCUT2D eigenvalue weighted by Crippen LogP contribution is -2.45. The minimum Gasteiger partial charge on any atom is -0.347 e. The number of amides is 2. The molecule has 2 fully saturated rings. The average Bonchev–Trinajstić information content (AvgIpc) is 2.69. The van der Waals surface area contributed by atoms with Crippen molar-refractivity contribution >= 4 is 23.6 Å². The van der Waals surface area contributed by atoms with E-state index < -0.39 is 0 Å². The third-order valence-corrected chi connectivity index (χ3v) is 4.85. The predicted molar refractivity (Wildman–Crippen MR) is 68.9 cm³/mol. The summed E-state index contributed by atoms with van der Waals surface area (Å²) >= 11 is 1.95. The number of carbonyl (C=O) groups excluding carboxylic acids is 2. The molecule has 2 aliphatic rings. The summed E-state index contributed by atoms with van der Waals surface area (Å²) in [7, 11) is 0. The van der Waals surface area contributed by atoms with Gasteiger partial charge in [-0.2, -0.15) is 11.8 Å². The lowest BCUT2D eigenvalue weighted by molar-refractivity contribution is -0.131. The zero-order valence-corrected chi connectivity index (χ0v) is 11.1. The van der Waals surface area contributed by atoms with E-state index in [0.717, 1.165) is 12.2 Å². The molecule has 0 spiro atoms. The highest BCUT2D eigenvalue weighted by molar-refractivity contribution is 7.99. The van der Waals surface area contributed by atoms with Gasteiger partial charge in [0, 0.05) is 24.3 Å². The van der Waals surface area contributed by atoms with Crippen LogP contribution in [0.5, 0.6) is 0 Å². The first kappa shape index (κ1) is 12.7. The van der Waals surface area contributed by atoms with E-state index in [1.807, 2.05) is 16.7 Å². The Hall–Kier alpha value is -0.710. The topological polar surface area (TPSA) is 49.4 Å². The van der Waals surface area contributed by atoms with Crippen molar-refractivity contribution in [3.63, 3.8) is 0 Å². The van der Waals surface area contributed by atoms with Gasteiger partial charge < -0.3 is 10.2 Å². The maximum atomic E-state index is 12.0. The molecule has 4 nitrogen and oxygen atoms in total. The van der Waals surface area contributed by atoms with E-state index in [1.165, 1.54) is 12.8 Å². The third kappa shape index (κ3) is 2.94. The maximum Gasteiger partial charge on any atom is 0.242 e. The van der Waals surface area contributed by atoms with Crippen LogP contribution in [0.3, 0.4) is 0 Å². The van der Waals surface area contributed by atoms with Gasteiger partial charge in [0.05, 0.1) is 6.54 Å². The van der Waals surface area contributed by atoms with Crippen LogP contribution in [-0.2, 0) is 9.59 Å². The molecule has 0 radical (unpaired) electrons.